The predicted molar refractivity (Wildman–Crippen MR) is 102 cm³/mol. The molecule has 0 aliphatic rings. The van der Waals surface area contributed by atoms with Gasteiger partial charge in [0.05, 0.1) is 38.5 Å². The summed E-state index contributed by atoms with van der Waals surface area (Å²) in [5.41, 5.74) is 2.95. The minimum atomic E-state index is -0.504. The van der Waals surface area contributed by atoms with Crippen molar-refractivity contribution in [2.75, 3.05) is 11.9 Å². The zero-order valence-corrected chi connectivity index (χ0v) is 14.9. The summed E-state index contributed by atoms with van der Waals surface area (Å²) in [5.74, 6) is -0.504. The number of rotatable bonds is 4. The van der Waals surface area contributed by atoms with Gasteiger partial charge >= 0.3 is 0 Å². The summed E-state index contributed by atoms with van der Waals surface area (Å²) >= 11 is 1.56. The van der Waals surface area contributed by atoms with Crippen LogP contribution in [0.25, 0.3) is 20.8 Å². The van der Waals surface area contributed by atoms with Crippen molar-refractivity contribution in [1.82, 2.24) is 14.5 Å². The molecule has 0 amide bonds. The first-order chi connectivity index (χ1) is 12.6. The Labute approximate surface area is 152 Å². The molecule has 26 heavy (non-hydrogen) atoms. The van der Waals surface area contributed by atoms with Crippen LogP contribution in [0.15, 0.2) is 54.2 Å². The van der Waals surface area contributed by atoms with E-state index >= 15 is 0 Å². The van der Waals surface area contributed by atoms with Crippen LogP contribution in [0.4, 0.5) is 21.5 Å². The van der Waals surface area contributed by atoms with Crippen molar-refractivity contribution in [3.05, 3.63) is 59.8 Å². The van der Waals surface area contributed by atoms with E-state index in [2.05, 4.69) is 15.1 Å². The largest absolute Gasteiger partial charge is 0.341 e. The molecular formula is C18H14FN5OS. The summed E-state index contributed by atoms with van der Waals surface area (Å²) in [6.45, 7) is 0. The standard InChI is InChI=1S/C18H14FN5OS/c1-23-9-14(21-10-23)17-8-13-18(26-17)16(5-6-20-13)24(2)15-4-3-11(22-25)7-12(15)19/h3-10H,1-2H3. The molecule has 130 valence electrons. The van der Waals surface area contributed by atoms with Crippen LogP contribution in [-0.2, 0) is 7.05 Å². The monoisotopic (exact) mass is 367 g/mol. The second-order valence-electron chi connectivity index (χ2n) is 5.87. The average Bonchev–Trinajstić information content (AvgIpc) is 3.26. The van der Waals surface area contributed by atoms with Gasteiger partial charge in [0.2, 0.25) is 0 Å². The third kappa shape index (κ3) is 2.74. The minimum Gasteiger partial charge on any atom is -0.341 e. The Bertz CT molecular complexity index is 1120. The Kier molecular flexibility index (Phi) is 3.96. The van der Waals surface area contributed by atoms with Gasteiger partial charge in [-0.1, -0.05) is 0 Å². The third-order valence-corrected chi connectivity index (χ3v) is 5.28. The van der Waals surface area contributed by atoms with E-state index in [1.807, 2.05) is 29.9 Å². The molecule has 0 unspecified atom stereocenters. The summed E-state index contributed by atoms with van der Waals surface area (Å²) in [7, 11) is 3.70. The molecule has 0 N–H and O–H groups in total. The van der Waals surface area contributed by atoms with E-state index in [-0.39, 0.29) is 5.69 Å². The fourth-order valence-corrected chi connectivity index (χ4v) is 3.94. The number of nitroso groups, excluding NO2 is 1. The van der Waals surface area contributed by atoms with E-state index in [0.717, 1.165) is 32.5 Å². The molecule has 0 saturated carbocycles. The average molecular weight is 367 g/mol. The van der Waals surface area contributed by atoms with Crippen LogP contribution in [0.5, 0.6) is 0 Å². The molecule has 0 spiro atoms. The van der Waals surface area contributed by atoms with Crippen LogP contribution in [0, 0.1) is 10.7 Å². The van der Waals surface area contributed by atoms with Crippen molar-refractivity contribution < 1.29 is 4.39 Å². The van der Waals surface area contributed by atoms with Crippen molar-refractivity contribution in [3.63, 3.8) is 0 Å². The highest BCUT2D eigenvalue weighted by atomic mass is 32.1. The van der Waals surface area contributed by atoms with Crippen LogP contribution >= 0.6 is 11.3 Å². The number of imidazole rings is 1. The molecule has 0 bridgehead atoms. The predicted octanol–water partition coefficient (Wildman–Crippen LogP) is 5.00. The maximum Gasteiger partial charge on any atom is 0.149 e. The number of aromatic nitrogens is 3. The molecule has 3 heterocycles. The van der Waals surface area contributed by atoms with E-state index in [1.165, 1.54) is 6.07 Å². The molecule has 0 aliphatic carbocycles. The first kappa shape index (κ1) is 16.3. The zero-order valence-electron chi connectivity index (χ0n) is 14.0. The van der Waals surface area contributed by atoms with Crippen LogP contribution in [0.3, 0.4) is 0 Å². The van der Waals surface area contributed by atoms with E-state index in [0.29, 0.717) is 5.69 Å². The number of thiophene rings is 1. The van der Waals surface area contributed by atoms with Gasteiger partial charge in [0.25, 0.3) is 0 Å². The highest BCUT2D eigenvalue weighted by Crippen LogP contribution is 2.39. The van der Waals surface area contributed by atoms with Gasteiger partial charge in [-0.25, -0.2) is 9.37 Å². The van der Waals surface area contributed by atoms with Crippen LogP contribution < -0.4 is 4.90 Å². The van der Waals surface area contributed by atoms with Gasteiger partial charge in [-0.3, -0.25) is 4.98 Å². The maximum absolute atomic E-state index is 14.4. The van der Waals surface area contributed by atoms with Crippen molar-refractivity contribution in [2.24, 2.45) is 12.2 Å². The zero-order chi connectivity index (χ0) is 18.3. The van der Waals surface area contributed by atoms with Gasteiger partial charge < -0.3 is 9.47 Å². The molecule has 8 heteroatoms. The normalized spacial score (nSPS) is 11.0. The summed E-state index contributed by atoms with van der Waals surface area (Å²) in [4.78, 5) is 22.1. The summed E-state index contributed by atoms with van der Waals surface area (Å²) < 4.78 is 17.2. The summed E-state index contributed by atoms with van der Waals surface area (Å²) in [5, 5.41) is 2.77. The summed E-state index contributed by atoms with van der Waals surface area (Å²) in [6.07, 6.45) is 5.39. The molecule has 0 saturated heterocycles. The first-order valence-corrected chi connectivity index (χ1v) is 8.62. The second-order valence-corrected chi connectivity index (χ2v) is 6.92. The quantitative estimate of drug-likeness (QED) is 0.476. The lowest BCUT2D eigenvalue weighted by Crippen LogP contribution is -2.11. The molecule has 0 atom stereocenters. The fourth-order valence-electron chi connectivity index (χ4n) is 2.81. The lowest BCUT2D eigenvalue weighted by atomic mass is 10.2. The Morgan fingerprint density at radius 1 is 1.19 bits per heavy atom. The van der Waals surface area contributed by atoms with Gasteiger partial charge in [-0.2, -0.15) is 0 Å². The molecule has 3 aromatic heterocycles. The van der Waals surface area contributed by atoms with Gasteiger partial charge in [0, 0.05) is 32.6 Å². The van der Waals surface area contributed by atoms with Crippen LogP contribution in [0.2, 0.25) is 0 Å². The number of aryl methyl sites for hydroxylation is 1. The number of benzene rings is 1. The van der Waals surface area contributed by atoms with Crippen molar-refractivity contribution in [1.29, 1.82) is 0 Å². The lowest BCUT2D eigenvalue weighted by Gasteiger charge is -2.20. The highest BCUT2D eigenvalue weighted by Gasteiger charge is 2.16. The topological polar surface area (TPSA) is 63.4 Å². The molecule has 6 nitrogen and oxygen atoms in total. The fraction of sp³-hybridized carbons (Fsp3) is 0.111. The summed E-state index contributed by atoms with van der Waals surface area (Å²) in [6, 6.07) is 7.99. The van der Waals surface area contributed by atoms with Crippen LogP contribution in [-0.4, -0.2) is 21.6 Å². The van der Waals surface area contributed by atoms with Crippen molar-refractivity contribution in [3.8, 4) is 10.6 Å². The number of pyridine rings is 1. The Hall–Kier alpha value is -3.13. The number of hydrogen-bond donors (Lipinski definition) is 0. The molecule has 0 aliphatic heterocycles. The molecular weight excluding hydrogens is 353 g/mol. The molecule has 0 fully saturated rings. The van der Waals surface area contributed by atoms with Gasteiger partial charge in [-0.15, -0.1) is 16.2 Å². The smallest absolute Gasteiger partial charge is 0.149 e. The van der Waals surface area contributed by atoms with Crippen LogP contribution in [0.1, 0.15) is 0 Å². The maximum atomic E-state index is 14.4. The van der Waals surface area contributed by atoms with E-state index in [9.17, 15) is 9.30 Å². The van der Waals surface area contributed by atoms with E-state index in [4.69, 9.17) is 0 Å². The van der Waals surface area contributed by atoms with Gasteiger partial charge in [0.15, 0.2) is 0 Å². The second kappa shape index (κ2) is 6.30. The van der Waals surface area contributed by atoms with Gasteiger partial charge in [0.1, 0.15) is 11.5 Å². The van der Waals surface area contributed by atoms with Crippen molar-refractivity contribution >= 4 is 38.6 Å². The molecule has 1 aromatic carbocycles. The number of fused-ring (bicyclic) bond motifs is 1. The Morgan fingerprint density at radius 2 is 2.04 bits per heavy atom. The lowest BCUT2D eigenvalue weighted by molar-refractivity contribution is 0.628. The highest BCUT2D eigenvalue weighted by molar-refractivity contribution is 7.22. The Balaban J connectivity index is 1.81. The minimum absolute atomic E-state index is 0.0630. The number of anilines is 2. The molecule has 4 aromatic rings. The SMILES string of the molecule is CN(c1ccc(N=O)cc1F)c1ccnc2cc(-c3cn(C)cn3)sc12. The molecule has 4 rings (SSSR count). The number of hydrogen-bond acceptors (Lipinski definition) is 6. The third-order valence-electron chi connectivity index (χ3n) is 4.11. The Morgan fingerprint density at radius 3 is 2.73 bits per heavy atom. The van der Waals surface area contributed by atoms with Crippen molar-refractivity contribution in [2.45, 2.75) is 0 Å². The number of nitrogens with zero attached hydrogens (tertiary/aromatic N) is 5. The van der Waals surface area contributed by atoms with Gasteiger partial charge in [-0.05, 0) is 29.4 Å². The molecule has 0 radical (unpaired) electrons. The van der Waals surface area contributed by atoms with E-state index in [1.54, 1.807) is 41.9 Å². The first-order valence-electron chi connectivity index (χ1n) is 7.80. The van der Waals surface area contributed by atoms with E-state index < -0.39 is 5.82 Å². The number of halogens is 1.